The third-order valence-electron chi connectivity index (χ3n) is 3.32. The summed E-state index contributed by atoms with van der Waals surface area (Å²) in [5, 5.41) is 8.30. The quantitative estimate of drug-likeness (QED) is 0.896. The molecular weight excluding hydrogens is 274 g/mol. The fraction of sp³-hybridized carbons (Fsp3) is 0.462. The molecular formula is C13H17N5OS. The van der Waals surface area contributed by atoms with Crippen LogP contribution in [-0.4, -0.2) is 51.2 Å². The first-order valence-electron chi connectivity index (χ1n) is 6.61. The van der Waals surface area contributed by atoms with E-state index in [0.717, 1.165) is 30.2 Å². The number of hydrogen-bond acceptors (Lipinski definition) is 5. The summed E-state index contributed by atoms with van der Waals surface area (Å²) in [7, 11) is 1.87. The van der Waals surface area contributed by atoms with Crippen LogP contribution in [0.1, 0.15) is 16.6 Å². The lowest BCUT2D eigenvalue weighted by atomic mass is 10.2. The summed E-state index contributed by atoms with van der Waals surface area (Å²) in [5.41, 5.74) is 0.949. The highest BCUT2D eigenvalue weighted by atomic mass is 32.1. The molecule has 1 atom stereocenters. The van der Waals surface area contributed by atoms with Crippen molar-refractivity contribution in [2.24, 2.45) is 7.05 Å². The Labute approximate surface area is 121 Å². The first-order valence-corrected chi connectivity index (χ1v) is 7.42. The molecule has 1 aliphatic heterocycles. The van der Waals surface area contributed by atoms with Gasteiger partial charge in [0.05, 0.1) is 12.4 Å². The van der Waals surface area contributed by atoms with E-state index in [1.54, 1.807) is 17.1 Å². The van der Waals surface area contributed by atoms with Crippen molar-refractivity contribution in [3.63, 3.8) is 0 Å². The molecule has 1 amide bonds. The second kappa shape index (κ2) is 5.34. The minimum absolute atomic E-state index is 0.0750. The number of nitrogens with one attached hydrogen (secondary N) is 1. The standard InChI is InChI=1S/C13H17N5OS/c1-9-7-18(4-3-14-9)13(19)11-6-15-12(20-11)10-5-16-17(2)8-10/h5-6,8-9,14H,3-4,7H2,1-2H3/t9-/m0/s1. The number of piperazine rings is 1. The molecule has 0 aromatic carbocycles. The van der Waals surface area contributed by atoms with Gasteiger partial charge in [-0.15, -0.1) is 11.3 Å². The van der Waals surface area contributed by atoms with E-state index in [2.05, 4.69) is 22.3 Å². The van der Waals surface area contributed by atoms with E-state index in [1.807, 2.05) is 18.1 Å². The Morgan fingerprint density at radius 2 is 2.35 bits per heavy atom. The van der Waals surface area contributed by atoms with Gasteiger partial charge in [0.25, 0.3) is 5.91 Å². The average molecular weight is 291 g/mol. The van der Waals surface area contributed by atoms with Crippen LogP contribution in [0.25, 0.3) is 10.6 Å². The predicted molar refractivity (Wildman–Crippen MR) is 77.7 cm³/mol. The zero-order valence-corrected chi connectivity index (χ0v) is 12.4. The topological polar surface area (TPSA) is 63.1 Å². The fourth-order valence-corrected chi connectivity index (χ4v) is 3.17. The second-order valence-electron chi connectivity index (χ2n) is 5.04. The molecule has 1 N–H and O–H groups in total. The van der Waals surface area contributed by atoms with Gasteiger partial charge in [-0.05, 0) is 6.92 Å². The number of amides is 1. The van der Waals surface area contributed by atoms with Gasteiger partial charge in [-0.1, -0.05) is 0 Å². The van der Waals surface area contributed by atoms with Crippen LogP contribution >= 0.6 is 11.3 Å². The fourth-order valence-electron chi connectivity index (χ4n) is 2.31. The van der Waals surface area contributed by atoms with Crippen LogP contribution in [0.3, 0.4) is 0 Å². The highest BCUT2D eigenvalue weighted by Crippen LogP contribution is 2.25. The Balaban J connectivity index is 1.77. The maximum absolute atomic E-state index is 12.4. The van der Waals surface area contributed by atoms with Gasteiger partial charge in [-0.2, -0.15) is 5.10 Å². The molecule has 2 aromatic rings. The Bertz CT molecular complexity index is 620. The van der Waals surface area contributed by atoms with Crippen molar-refractivity contribution in [3.05, 3.63) is 23.5 Å². The predicted octanol–water partition coefficient (Wildman–Crippen LogP) is 0.978. The molecule has 3 heterocycles. The van der Waals surface area contributed by atoms with E-state index in [-0.39, 0.29) is 5.91 Å². The molecule has 6 nitrogen and oxygen atoms in total. The monoisotopic (exact) mass is 291 g/mol. The van der Waals surface area contributed by atoms with Crippen molar-refractivity contribution in [2.45, 2.75) is 13.0 Å². The summed E-state index contributed by atoms with van der Waals surface area (Å²) in [6.45, 7) is 4.44. The van der Waals surface area contributed by atoms with E-state index in [1.165, 1.54) is 11.3 Å². The van der Waals surface area contributed by atoms with Gasteiger partial charge in [0, 0.05) is 44.5 Å². The van der Waals surface area contributed by atoms with Crippen molar-refractivity contribution in [1.82, 2.24) is 25.0 Å². The number of hydrogen-bond donors (Lipinski definition) is 1. The maximum atomic E-state index is 12.4. The lowest BCUT2D eigenvalue weighted by molar-refractivity contribution is 0.0714. The third-order valence-corrected chi connectivity index (χ3v) is 4.36. The van der Waals surface area contributed by atoms with Crippen molar-refractivity contribution >= 4 is 17.2 Å². The molecule has 1 aliphatic rings. The first kappa shape index (κ1) is 13.3. The first-order chi connectivity index (χ1) is 9.63. The number of aryl methyl sites for hydroxylation is 1. The zero-order chi connectivity index (χ0) is 14.1. The second-order valence-corrected chi connectivity index (χ2v) is 6.07. The molecule has 0 aliphatic carbocycles. The van der Waals surface area contributed by atoms with Crippen LogP contribution < -0.4 is 5.32 Å². The number of carbonyl (C=O) groups excluding carboxylic acids is 1. The molecule has 7 heteroatoms. The number of nitrogens with zero attached hydrogens (tertiary/aromatic N) is 4. The molecule has 0 unspecified atom stereocenters. The van der Waals surface area contributed by atoms with E-state index in [4.69, 9.17) is 0 Å². The highest BCUT2D eigenvalue weighted by Gasteiger charge is 2.23. The summed E-state index contributed by atoms with van der Waals surface area (Å²) in [6.07, 6.45) is 5.34. The molecule has 1 saturated heterocycles. The SMILES string of the molecule is C[C@H]1CN(C(=O)c2cnc(-c3cnn(C)c3)s2)CCN1. The number of thiazole rings is 1. The van der Waals surface area contributed by atoms with Crippen LogP contribution in [0.15, 0.2) is 18.6 Å². The smallest absolute Gasteiger partial charge is 0.265 e. The summed E-state index contributed by atoms with van der Waals surface area (Å²) in [6, 6.07) is 0.346. The molecule has 2 aromatic heterocycles. The van der Waals surface area contributed by atoms with Crippen molar-refractivity contribution in [3.8, 4) is 10.6 Å². The third kappa shape index (κ3) is 2.59. The van der Waals surface area contributed by atoms with Crippen LogP contribution in [0.2, 0.25) is 0 Å². The molecule has 1 fully saturated rings. The van der Waals surface area contributed by atoms with Gasteiger partial charge in [-0.3, -0.25) is 9.48 Å². The van der Waals surface area contributed by atoms with E-state index >= 15 is 0 Å². The van der Waals surface area contributed by atoms with Crippen molar-refractivity contribution in [2.75, 3.05) is 19.6 Å². The number of carbonyl (C=O) groups is 1. The van der Waals surface area contributed by atoms with Crippen LogP contribution in [-0.2, 0) is 7.05 Å². The molecule has 0 bridgehead atoms. The van der Waals surface area contributed by atoms with Crippen molar-refractivity contribution in [1.29, 1.82) is 0 Å². The average Bonchev–Trinajstić information content (AvgIpc) is 3.06. The summed E-state index contributed by atoms with van der Waals surface area (Å²) < 4.78 is 1.73. The van der Waals surface area contributed by atoms with Gasteiger partial charge in [-0.25, -0.2) is 4.98 Å². The molecule has 0 radical (unpaired) electrons. The zero-order valence-electron chi connectivity index (χ0n) is 11.5. The van der Waals surface area contributed by atoms with Gasteiger partial charge in [0.1, 0.15) is 9.88 Å². The highest BCUT2D eigenvalue weighted by molar-refractivity contribution is 7.16. The van der Waals surface area contributed by atoms with E-state index in [0.29, 0.717) is 10.9 Å². The summed E-state index contributed by atoms with van der Waals surface area (Å²) in [4.78, 5) is 19.4. The summed E-state index contributed by atoms with van der Waals surface area (Å²) >= 11 is 1.43. The number of aromatic nitrogens is 3. The molecule has 0 saturated carbocycles. The Morgan fingerprint density at radius 3 is 3.05 bits per heavy atom. The normalized spacial score (nSPS) is 19.3. The van der Waals surface area contributed by atoms with Gasteiger partial charge in [0.15, 0.2) is 0 Å². The van der Waals surface area contributed by atoms with E-state index < -0.39 is 0 Å². The largest absolute Gasteiger partial charge is 0.335 e. The minimum atomic E-state index is 0.0750. The van der Waals surface area contributed by atoms with Crippen molar-refractivity contribution < 1.29 is 4.79 Å². The number of rotatable bonds is 2. The molecule has 3 rings (SSSR count). The van der Waals surface area contributed by atoms with Crippen LogP contribution in [0, 0.1) is 0 Å². The Hall–Kier alpha value is -1.73. The van der Waals surface area contributed by atoms with Crippen LogP contribution in [0.5, 0.6) is 0 Å². The minimum Gasteiger partial charge on any atom is -0.335 e. The van der Waals surface area contributed by atoms with Gasteiger partial charge < -0.3 is 10.2 Å². The lowest BCUT2D eigenvalue weighted by Gasteiger charge is -2.31. The van der Waals surface area contributed by atoms with Gasteiger partial charge >= 0.3 is 0 Å². The lowest BCUT2D eigenvalue weighted by Crippen LogP contribution is -2.51. The molecule has 0 spiro atoms. The Kier molecular flexibility index (Phi) is 3.54. The van der Waals surface area contributed by atoms with Crippen LogP contribution in [0.4, 0.5) is 0 Å². The van der Waals surface area contributed by atoms with E-state index in [9.17, 15) is 4.79 Å². The molecule has 106 valence electrons. The van der Waals surface area contributed by atoms with Gasteiger partial charge in [0.2, 0.25) is 0 Å². The molecule has 20 heavy (non-hydrogen) atoms. The maximum Gasteiger partial charge on any atom is 0.265 e. The Morgan fingerprint density at radius 1 is 1.50 bits per heavy atom. The summed E-state index contributed by atoms with van der Waals surface area (Å²) in [5.74, 6) is 0.0750.